The first-order valence-electron chi connectivity index (χ1n) is 9.40. The van der Waals surface area contributed by atoms with Gasteiger partial charge in [-0.2, -0.15) is 0 Å². The van der Waals surface area contributed by atoms with Gasteiger partial charge in [-0.05, 0) is 17.7 Å². The minimum Gasteiger partial charge on any atom is -0.422 e. The lowest BCUT2D eigenvalue weighted by molar-refractivity contribution is 0.0162. The first-order valence-corrected chi connectivity index (χ1v) is 9.40. The van der Waals surface area contributed by atoms with Gasteiger partial charge in [0.25, 0.3) is 5.91 Å². The van der Waals surface area contributed by atoms with Crippen LogP contribution in [0.5, 0.6) is 0 Å². The highest BCUT2D eigenvalue weighted by molar-refractivity contribution is 5.96. The van der Waals surface area contributed by atoms with Crippen LogP contribution in [0, 0.1) is 0 Å². The highest BCUT2D eigenvalue weighted by atomic mass is 16.5. The molecule has 3 aromatic rings. The van der Waals surface area contributed by atoms with Crippen molar-refractivity contribution in [3.8, 4) is 0 Å². The van der Waals surface area contributed by atoms with Gasteiger partial charge in [0.15, 0.2) is 0 Å². The zero-order valence-electron chi connectivity index (χ0n) is 15.5. The Bertz CT molecular complexity index is 1010. The maximum absolute atomic E-state index is 12.7. The summed E-state index contributed by atoms with van der Waals surface area (Å²) in [4.78, 5) is 27.2. The third-order valence-electron chi connectivity index (χ3n) is 5.01. The summed E-state index contributed by atoms with van der Waals surface area (Å²) in [5.41, 5.74) is 0.987. The van der Waals surface area contributed by atoms with E-state index in [0.717, 1.165) is 24.0 Å². The van der Waals surface area contributed by atoms with E-state index in [2.05, 4.69) is 22.3 Å². The lowest BCUT2D eigenvalue weighted by atomic mass is 10.0. The standard InChI is InChI=1S/C22H22N2O4/c25-21(18-14-17-8-4-5-9-20(17)28-22(18)26)23-15-19(16-6-2-1-3-7-16)24-10-12-27-13-11-24/h1-9,14,19H,10-13,15H2,(H,23,25)/t19-/m1/s1. The second-order valence-corrected chi connectivity index (χ2v) is 6.77. The molecule has 28 heavy (non-hydrogen) atoms. The highest BCUT2D eigenvalue weighted by Crippen LogP contribution is 2.21. The van der Waals surface area contributed by atoms with Crippen LogP contribution in [0.25, 0.3) is 11.0 Å². The number of rotatable bonds is 5. The number of fused-ring (bicyclic) bond motifs is 1. The van der Waals surface area contributed by atoms with Gasteiger partial charge in [0.1, 0.15) is 11.1 Å². The first-order chi connectivity index (χ1) is 13.7. The molecule has 1 fully saturated rings. The number of nitrogens with zero attached hydrogens (tertiary/aromatic N) is 1. The molecule has 6 nitrogen and oxygen atoms in total. The summed E-state index contributed by atoms with van der Waals surface area (Å²) in [5, 5.41) is 3.64. The summed E-state index contributed by atoms with van der Waals surface area (Å²) in [6.45, 7) is 3.34. The molecular weight excluding hydrogens is 356 g/mol. The van der Waals surface area contributed by atoms with Crippen molar-refractivity contribution in [2.75, 3.05) is 32.8 Å². The van der Waals surface area contributed by atoms with Crippen LogP contribution in [0.4, 0.5) is 0 Å². The molecule has 0 aliphatic carbocycles. The molecule has 144 valence electrons. The van der Waals surface area contributed by atoms with E-state index >= 15 is 0 Å². The second kappa shape index (κ2) is 8.37. The Labute approximate surface area is 162 Å². The molecule has 4 rings (SSSR count). The van der Waals surface area contributed by atoms with Gasteiger partial charge in [-0.15, -0.1) is 0 Å². The van der Waals surface area contributed by atoms with Crippen molar-refractivity contribution in [3.63, 3.8) is 0 Å². The van der Waals surface area contributed by atoms with Gasteiger partial charge in [0.05, 0.1) is 19.3 Å². The first kappa shape index (κ1) is 18.4. The largest absolute Gasteiger partial charge is 0.422 e. The summed E-state index contributed by atoms with van der Waals surface area (Å²) in [7, 11) is 0. The fourth-order valence-electron chi connectivity index (χ4n) is 3.53. The molecule has 2 aromatic carbocycles. The van der Waals surface area contributed by atoms with Crippen molar-refractivity contribution in [2.45, 2.75) is 6.04 Å². The number of carbonyl (C=O) groups excluding carboxylic acids is 1. The lowest BCUT2D eigenvalue weighted by Crippen LogP contribution is -2.44. The third kappa shape index (κ3) is 3.98. The highest BCUT2D eigenvalue weighted by Gasteiger charge is 2.24. The van der Waals surface area contributed by atoms with Gasteiger partial charge in [-0.3, -0.25) is 9.69 Å². The summed E-state index contributed by atoms with van der Waals surface area (Å²) in [6.07, 6.45) is 0. The van der Waals surface area contributed by atoms with E-state index in [9.17, 15) is 9.59 Å². The summed E-state index contributed by atoms with van der Waals surface area (Å²) in [5.74, 6) is -0.423. The average Bonchev–Trinajstić information content (AvgIpc) is 2.75. The van der Waals surface area contributed by atoms with Gasteiger partial charge in [0.2, 0.25) is 0 Å². The fraction of sp³-hybridized carbons (Fsp3) is 0.273. The Morgan fingerprint density at radius 2 is 1.75 bits per heavy atom. The number of morpholine rings is 1. The minimum atomic E-state index is -0.626. The van der Waals surface area contributed by atoms with Crippen molar-refractivity contribution in [2.24, 2.45) is 0 Å². The number of nitrogens with one attached hydrogen (secondary N) is 1. The Hall–Kier alpha value is -2.96. The average molecular weight is 378 g/mol. The third-order valence-corrected chi connectivity index (χ3v) is 5.01. The molecule has 6 heteroatoms. The number of benzene rings is 2. The smallest absolute Gasteiger partial charge is 0.349 e. The molecule has 0 spiro atoms. The summed E-state index contributed by atoms with van der Waals surface area (Å²) in [6, 6.07) is 18.8. The Balaban J connectivity index is 1.54. The van der Waals surface area contributed by atoms with Crippen LogP contribution in [0.3, 0.4) is 0 Å². The van der Waals surface area contributed by atoms with E-state index in [1.807, 2.05) is 30.3 Å². The summed E-state index contributed by atoms with van der Waals surface area (Å²) < 4.78 is 10.7. The molecule has 1 saturated heterocycles. The summed E-state index contributed by atoms with van der Waals surface area (Å²) >= 11 is 0. The molecule has 1 aliphatic heterocycles. The van der Waals surface area contributed by atoms with Crippen molar-refractivity contribution >= 4 is 16.9 Å². The minimum absolute atomic E-state index is 0.0153. The molecule has 0 radical (unpaired) electrons. The maximum atomic E-state index is 12.7. The molecule has 0 unspecified atom stereocenters. The van der Waals surface area contributed by atoms with Crippen LogP contribution in [-0.4, -0.2) is 43.7 Å². The van der Waals surface area contributed by atoms with E-state index < -0.39 is 11.5 Å². The number of ether oxygens (including phenoxy) is 1. The number of hydrogen-bond donors (Lipinski definition) is 1. The van der Waals surface area contributed by atoms with Crippen LogP contribution in [0.1, 0.15) is 22.0 Å². The van der Waals surface area contributed by atoms with Gasteiger partial charge in [-0.1, -0.05) is 48.5 Å². The molecule has 0 saturated carbocycles. The molecular formula is C22H22N2O4. The number of para-hydroxylation sites is 1. The van der Waals surface area contributed by atoms with E-state index in [0.29, 0.717) is 25.3 Å². The van der Waals surface area contributed by atoms with Crippen LogP contribution < -0.4 is 10.9 Å². The zero-order chi connectivity index (χ0) is 19.3. The van der Waals surface area contributed by atoms with Gasteiger partial charge < -0.3 is 14.5 Å². The van der Waals surface area contributed by atoms with Crippen molar-refractivity contribution in [1.29, 1.82) is 0 Å². The molecule has 1 N–H and O–H groups in total. The Morgan fingerprint density at radius 3 is 2.54 bits per heavy atom. The van der Waals surface area contributed by atoms with Crippen molar-refractivity contribution in [1.82, 2.24) is 10.2 Å². The Kier molecular flexibility index (Phi) is 5.50. The Morgan fingerprint density at radius 1 is 1.04 bits per heavy atom. The lowest BCUT2D eigenvalue weighted by Gasteiger charge is -2.34. The molecule has 1 aromatic heterocycles. The van der Waals surface area contributed by atoms with Gasteiger partial charge >= 0.3 is 5.63 Å². The number of amides is 1. The quantitative estimate of drug-likeness (QED) is 0.691. The SMILES string of the molecule is O=C(NC[C@H](c1ccccc1)N1CCOCC1)c1cc2ccccc2oc1=O. The topological polar surface area (TPSA) is 71.8 Å². The molecule has 1 aliphatic rings. The fourth-order valence-corrected chi connectivity index (χ4v) is 3.53. The maximum Gasteiger partial charge on any atom is 0.349 e. The van der Waals surface area contributed by atoms with E-state index in [-0.39, 0.29) is 11.6 Å². The zero-order valence-corrected chi connectivity index (χ0v) is 15.5. The van der Waals surface area contributed by atoms with E-state index in [1.165, 1.54) is 0 Å². The number of hydrogen-bond acceptors (Lipinski definition) is 5. The predicted octanol–water partition coefficient (Wildman–Crippen LogP) is 2.60. The predicted molar refractivity (Wildman–Crippen MR) is 106 cm³/mol. The van der Waals surface area contributed by atoms with Crippen molar-refractivity contribution < 1.29 is 13.9 Å². The van der Waals surface area contributed by atoms with Gasteiger partial charge in [-0.25, -0.2) is 4.79 Å². The van der Waals surface area contributed by atoms with Gasteiger partial charge in [0, 0.05) is 25.0 Å². The molecule has 0 bridgehead atoms. The monoisotopic (exact) mass is 378 g/mol. The van der Waals surface area contributed by atoms with Crippen LogP contribution in [0.15, 0.2) is 69.9 Å². The van der Waals surface area contributed by atoms with Crippen LogP contribution in [-0.2, 0) is 4.74 Å². The molecule has 2 heterocycles. The number of carbonyl (C=O) groups is 1. The van der Waals surface area contributed by atoms with Crippen LogP contribution in [0.2, 0.25) is 0 Å². The van der Waals surface area contributed by atoms with Crippen LogP contribution >= 0.6 is 0 Å². The van der Waals surface area contributed by atoms with Crippen molar-refractivity contribution in [3.05, 3.63) is 82.2 Å². The second-order valence-electron chi connectivity index (χ2n) is 6.77. The van der Waals surface area contributed by atoms with E-state index in [1.54, 1.807) is 18.2 Å². The molecule has 1 amide bonds. The normalized spacial score (nSPS) is 16.0. The molecule has 1 atom stereocenters. The van der Waals surface area contributed by atoms with E-state index in [4.69, 9.17) is 9.15 Å².